The molecule has 3 rings (SSSR count). The second-order valence-corrected chi connectivity index (χ2v) is 5.59. The highest BCUT2D eigenvalue weighted by molar-refractivity contribution is 5.57. The first-order valence-electron chi connectivity index (χ1n) is 7.39. The van der Waals surface area contributed by atoms with Crippen LogP contribution in [-0.4, -0.2) is 14.8 Å². The number of hydrogen-bond acceptors (Lipinski definition) is 3. The van der Waals surface area contributed by atoms with Crippen molar-refractivity contribution in [2.45, 2.75) is 20.4 Å². The average Bonchev–Trinajstić information content (AvgIpc) is 2.89. The van der Waals surface area contributed by atoms with E-state index in [1.807, 2.05) is 11.7 Å². The van der Waals surface area contributed by atoms with E-state index in [0.717, 1.165) is 17.9 Å². The van der Waals surface area contributed by atoms with E-state index in [-0.39, 0.29) is 0 Å². The Hall–Kier alpha value is -2.62. The Labute approximate surface area is 130 Å². The molecule has 0 bridgehead atoms. The van der Waals surface area contributed by atoms with Gasteiger partial charge in [0.25, 0.3) is 0 Å². The Morgan fingerprint density at radius 2 is 1.50 bits per heavy atom. The minimum Gasteiger partial charge on any atom is -0.349 e. The summed E-state index contributed by atoms with van der Waals surface area (Å²) in [4.78, 5) is 4.58. The van der Waals surface area contributed by atoms with Crippen molar-refractivity contribution < 1.29 is 0 Å². The molecular weight excluding hydrogens is 272 g/mol. The molecule has 1 N–H and O–H groups in total. The molecule has 4 nitrogen and oxygen atoms in total. The smallest absolute Gasteiger partial charge is 0.242 e. The fourth-order valence-corrected chi connectivity index (χ4v) is 2.30. The zero-order valence-corrected chi connectivity index (χ0v) is 13.2. The molecule has 1 aromatic heterocycles. The summed E-state index contributed by atoms with van der Waals surface area (Å²) in [7, 11) is 1.92. The van der Waals surface area contributed by atoms with Crippen molar-refractivity contribution >= 4 is 5.95 Å². The summed E-state index contributed by atoms with van der Waals surface area (Å²) in [5, 5.41) is 7.72. The summed E-state index contributed by atoms with van der Waals surface area (Å²) in [6.45, 7) is 4.89. The van der Waals surface area contributed by atoms with Crippen LogP contribution in [-0.2, 0) is 13.6 Å². The van der Waals surface area contributed by atoms with E-state index in [9.17, 15) is 0 Å². The Morgan fingerprint density at radius 3 is 2.14 bits per heavy atom. The fraction of sp³-hybridized carbons (Fsp3) is 0.222. The largest absolute Gasteiger partial charge is 0.349 e. The van der Waals surface area contributed by atoms with Gasteiger partial charge in [0.15, 0.2) is 5.82 Å². The summed E-state index contributed by atoms with van der Waals surface area (Å²) in [5.74, 6) is 1.52. The van der Waals surface area contributed by atoms with Gasteiger partial charge in [-0.25, -0.2) is 4.68 Å². The normalized spacial score (nSPS) is 10.7. The molecule has 0 aliphatic rings. The van der Waals surface area contributed by atoms with Crippen LogP contribution >= 0.6 is 0 Å². The Kier molecular flexibility index (Phi) is 3.92. The topological polar surface area (TPSA) is 42.7 Å². The molecular formula is C18H20N4. The van der Waals surface area contributed by atoms with Crippen molar-refractivity contribution in [3.63, 3.8) is 0 Å². The van der Waals surface area contributed by atoms with Crippen LogP contribution in [0.25, 0.3) is 11.4 Å². The van der Waals surface area contributed by atoms with Gasteiger partial charge < -0.3 is 5.32 Å². The standard InChI is InChI=1S/C18H20N4/c1-13-4-8-15(9-5-13)12-19-18-20-17(22(3)21-18)16-10-6-14(2)7-11-16/h4-11H,12H2,1-3H3,(H,19,21). The Bertz CT molecular complexity index is 755. The van der Waals surface area contributed by atoms with E-state index in [1.54, 1.807) is 0 Å². The van der Waals surface area contributed by atoms with Crippen molar-refractivity contribution in [3.05, 3.63) is 65.2 Å². The predicted octanol–water partition coefficient (Wildman–Crippen LogP) is 3.71. The molecule has 0 unspecified atom stereocenters. The fourth-order valence-electron chi connectivity index (χ4n) is 2.30. The van der Waals surface area contributed by atoms with Crippen LogP contribution in [0.3, 0.4) is 0 Å². The molecule has 0 aliphatic heterocycles. The molecule has 0 fully saturated rings. The molecule has 22 heavy (non-hydrogen) atoms. The van der Waals surface area contributed by atoms with E-state index in [0.29, 0.717) is 5.95 Å². The minimum atomic E-state index is 0.652. The van der Waals surface area contributed by atoms with Crippen LogP contribution in [0.2, 0.25) is 0 Å². The number of rotatable bonds is 4. The van der Waals surface area contributed by atoms with Gasteiger partial charge in [-0.3, -0.25) is 0 Å². The number of nitrogens with one attached hydrogen (secondary N) is 1. The quantitative estimate of drug-likeness (QED) is 0.797. The number of benzene rings is 2. The van der Waals surface area contributed by atoms with Gasteiger partial charge in [0.05, 0.1) is 0 Å². The summed E-state index contributed by atoms with van der Waals surface area (Å²) >= 11 is 0. The highest BCUT2D eigenvalue weighted by Crippen LogP contribution is 2.19. The molecule has 112 valence electrons. The van der Waals surface area contributed by atoms with Crippen LogP contribution in [0.4, 0.5) is 5.95 Å². The Balaban J connectivity index is 1.74. The van der Waals surface area contributed by atoms with E-state index in [2.05, 4.69) is 77.8 Å². The number of anilines is 1. The molecule has 0 radical (unpaired) electrons. The van der Waals surface area contributed by atoms with Crippen LogP contribution in [0.15, 0.2) is 48.5 Å². The highest BCUT2D eigenvalue weighted by atomic mass is 15.4. The van der Waals surface area contributed by atoms with Crippen LogP contribution in [0.5, 0.6) is 0 Å². The van der Waals surface area contributed by atoms with E-state index in [4.69, 9.17) is 0 Å². The second kappa shape index (κ2) is 6.02. The van der Waals surface area contributed by atoms with Gasteiger partial charge in [0.1, 0.15) is 0 Å². The van der Waals surface area contributed by atoms with Gasteiger partial charge in [0, 0.05) is 19.2 Å². The minimum absolute atomic E-state index is 0.652. The molecule has 1 heterocycles. The van der Waals surface area contributed by atoms with Crippen molar-refractivity contribution in [1.29, 1.82) is 0 Å². The van der Waals surface area contributed by atoms with Crippen molar-refractivity contribution in [3.8, 4) is 11.4 Å². The number of aryl methyl sites for hydroxylation is 3. The van der Waals surface area contributed by atoms with Gasteiger partial charge in [-0.05, 0) is 19.4 Å². The average molecular weight is 292 g/mol. The first-order chi connectivity index (χ1) is 10.6. The number of aromatic nitrogens is 3. The lowest BCUT2D eigenvalue weighted by molar-refractivity contribution is 0.775. The monoisotopic (exact) mass is 292 g/mol. The first kappa shape index (κ1) is 14.3. The molecule has 4 heteroatoms. The van der Waals surface area contributed by atoms with E-state index in [1.165, 1.54) is 16.7 Å². The van der Waals surface area contributed by atoms with Crippen molar-refractivity contribution in [2.24, 2.45) is 7.05 Å². The zero-order chi connectivity index (χ0) is 15.5. The molecule has 0 spiro atoms. The zero-order valence-electron chi connectivity index (χ0n) is 13.2. The van der Waals surface area contributed by atoms with E-state index >= 15 is 0 Å². The number of nitrogens with zero attached hydrogens (tertiary/aromatic N) is 3. The maximum Gasteiger partial charge on any atom is 0.242 e. The third-order valence-electron chi connectivity index (χ3n) is 3.64. The molecule has 0 atom stereocenters. The van der Waals surface area contributed by atoms with Gasteiger partial charge in [-0.1, -0.05) is 59.7 Å². The SMILES string of the molecule is Cc1ccc(CNc2nc(-c3ccc(C)cc3)n(C)n2)cc1. The third-order valence-corrected chi connectivity index (χ3v) is 3.64. The second-order valence-electron chi connectivity index (χ2n) is 5.59. The lowest BCUT2D eigenvalue weighted by Gasteiger charge is -2.02. The molecule has 3 aromatic rings. The van der Waals surface area contributed by atoms with Crippen LogP contribution < -0.4 is 5.32 Å². The van der Waals surface area contributed by atoms with Gasteiger partial charge in [-0.2, -0.15) is 4.98 Å². The molecule has 0 amide bonds. The van der Waals surface area contributed by atoms with E-state index < -0.39 is 0 Å². The Morgan fingerprint density at radius 1 is 0.909 bits per heavy atom. The summed E-state index contributed by atoms with van der Waals surface area (Å²) in [5.41, 5.74) is 4.80. The highest BCUT2D eigenvalue weighted by Gasteiger charge is 2.09. The molecule has 2 aromatic carbocycles. The van der Waals surface area contributed by atoms with Crippen LogP contribution in [0, 0.1) is 13.8 Å². The van der Waals surface area contributed by atoms with Gasteiger partial charge in [-0.15, -0.1) is 5.10 Å². The van der Waals surface area contributed by atoms with Crippen molar-refractivity contribution in [1.82, 2.24) is 14.8 Å². The summed E-state index contributed by atoms with van der Waals surface area (Å²) in [6.07, 6.45) is 0. The van der Waals surface area contributed by atoms with Crippen LogP contribution in [0.1, 0.15) is 16.7 Å². The predicted molar refractivity (Wildman–Crippen MR) is 89.7 cm³/mol. The van der Waals surface area contributed by atoms with Gasteiger partial charge in [0.2, 0.25) is 5.95 Å². The summed E-state index contributed by atoms with van der Waals surface area (Å²) in [6, 6.07) is 16.8. The molecule has 0 aliphatic carbocycles. The summed E-state index contributed by atoms with van der Waals surface area (Å²) < 4.78 is 1.81. The maximum absolute atomic E-state index is 4.58. The molecule has 0 saturated carbocycles. The maximum atomic E-state index is 4.58. The van der Waals surface area contributed by atoms with Crippen molar-refractivity contribution in [2.75, 3.05) is 5.32 Å². The third kappa shape index (κ3) is 3.17. The first-order valence-corrected chi connectivity index (χ1v) is 7.39. The number of hydrogen-bond donors (Lipinski definition) is 1. The lowest BCUT2D eigenvalue weighted by Crippen LogP contribution is -2.01. The lowest BCUT2D eigenvalue weighted by atomic mass is 10.1. The van der Waals surface area contributed by atoms with Gasteiger partial charge >= 0.3 is 0 Å². The molecule has 0 saturated heterocycles.